The summed E-state index contributed by atoms with van der Waals surface area (Å²) in [4.78, 5) is 0. The second-order valence-electron chi connectivity index (χ2n) is 8.67. The topological polar surface area (TPSA) is 148 Å². The molecule has 16 nitrogen and oxygen atoms in total. The average molecular weight is 729 g/mol. The third-order valence-corrected chi connectivity index (χ3v) is 5.28. The van der Waals surface area contributed by atoms with Gasteiger partial charge in [0.05, 0.1) is 12.9 Å². The molecule has 16 heteroatoms. The first-order chi connectivity index (χ1) is 23.0. The first-order valence-corrected chi connectivity index (χ1v) is 15.9. The van der Waals surface area contributed by atoms with Gasteiger partial charge in [-0.2, -0.15) is 0 Å². The molecule has 0 fully saturated rings. The molecule has 0 heterocycles. The highest BCUT2D eigenvalue weighted by molar-refractivity contribution is 4.71. The third kappa shape index (κ3) is 44.9. The summed E-state index contributed by atoms with van der Waals surface area (Å²) in [6, 6.07) is 0. The first kappa shape index (κ1) is 60.1. The Balaban J connectivity index is -0.000000115. The minimum Gasteiger partial charge on any atom is -0.502 e. The van der Waals surface area contributed by atoms with Crippen LogP contribution < -0.4 is 0 Å². The molecule has 0 unspecified atom stereocenters. The van der Waals surface area contributed by atoms with E-state index in [9.17, 15) is 0 Å². The molecule has 0 radical (unpaired) electrons. The maximum Gasteiger partial charge on any atom is 0.279 e. The van der Waals surface area contributed by atoms with Gasteiger partial charge in [0.25, 0.3) is 30.9 Å². The summed E-state index contributed by atoms with van der Waals surface area (Å²) in [5.41, 5.74) is 0. The van der Waals surface area contributed by atoms with Crippen molar-refractivity contribution in [1.82, 2.24) is 0 Å². The summed E-state index contributed by atoms with van der Waals surface area (Å²) in [6.07, 6.45) is 0. The average Bonchev–Trinajstić information content (AvgIpc) is 3.10. The van der Waals surface area contributed by atoms with Crippen LogP contribution in [0.4, 0.5) is 0 Å². The number of methoxy groups -OCH3 is 10. The van der Waals surface area contributed by atoms with E-state index < -0.39 is 30.9 Å². The molecule has 0 spiro atoms. The lowest BCUT2D eigenvalue weighted by Crippen LogP contribution is -2.35. The highest BCUT2D eigenvalue weighted by atomic mass is 16.9. The molecule has 49 heavy (non-hydrogen) atoms. The highest BCUT2D eigenvalue weighted by Gasteiger charge is 2.24. The Hall–Kier alpha value is -1.06. The summed E-state index contributed by atoms with van der Waals surface area (Å²) in [5.74, 6) is -1.84. The van der Waals surface area contributed by atoms with E-state index in [-0.39, 0.29) is 0 Å². The van der Waals surface area contributed by atoms with E-state index >= 15 is 0 Å². The second-order valence-corrected chi connectivity index (χ2v) is 8.67. The normalized spacial score (nSPS) is 11.0. The Morgan fingerprint density at radius 1 is 0.429 bits per heavy atom. The van der Waals surface area contributed by atoms with Gasteiger partial charge < -0.3 is 75.8 Å². The molecule has 0 aliphatic heterocycles. The minimum absolute atomic E-state index is 0.472. The molecule has 0 aromatic rings. The van der Waals surface area contributed by atoms with Gasteiger partial charge in [-0.3, -0.25) is 0 Å². The van der Waals surface area contributed by atoms with Gasteiger partial charge in [-0.1, -0.05) is 6.58 Å². The molecule has 0 aliphatic rings. The van der Waals surface area contributed by atoms with Crippen LogP contribution in [-0.2, 0) is 75.8 Å². The summed E-state index contributed by atoms with van der Waals surface area (Å²) in [7, 11) is 15.3. The van der Waals surface area contributed by atoms with E-state index in [0.717, 1.165) is 5.76 Å². The van der Waals surface area contributed by atoms with Crippen molar-refractivity contribution in [1.29, 1.82) is 0 Å². The number of allylic oxidation sites excluding steroid dienone is 1. The Labute approximate surface area is 299 Å². The van der Waals surface area contributed by atoms with Gasteiger partial charge in [-0.25, -0.2) is 0 Å². The second kappa shape index (κ2) is 43.1. The number of hydrogen-bond donors (Lipinski definition) is 0. The minimum atomic E-state index is -0.875. The molecule has 0 saturated carbocycles. The summed E-state index contributed by atoms with van der Waals surface area (Å²) in [5, 5.41) is 0. The van der Waals surface area contributed by atoms with E-state index in [1.165, 1.54) is 64.0 Å². The maximum absolute atomic E-state index is 5.27. The predicted octanol–water partition coefficient (Wildman–Crippen LogP) is 5.72. The largest absolute Gasteiger partial charge is 0.502 e. The van der Waals surface area contributed by atoms with Crippen LogP contribution in [0.3, 0.4) is 0 Å². The van der Waals surface area contributed by atoms with Crippen molar-refractivity contribution < 1.29 is 75.8 Å². The molecule has 304 valence electrons. The maximum atomic E-state index is 5.27. The molecule has 0 rings (SSSR count). The van der Waals surface area contributed by atoms with E-state index in [0.29, 0.717) is 39.6 Å². The lowest BCUT2D eigenvalue weighted by atomic mass is 10.6. The fraction of sp³-hybridized carbons (Fsp3) is 0.939. The van der Waals surface area contributed by atoms with Crippen LogP contribution in [0.5, 0.6) is 0 Å². The molecular formula is C33H76O16. The SMILES string of the molecule is C=C(C)OC.CCOC(C)(OCC)OCC.CCOC(OCC)OCC.COC(C)(OC)OC.COC(C)(OC)OC.COC(OC)OC. The highest BCUT2D eigenvalue weighted by Crippen LogP contribution is 2.13. The molecule has 0 aromatic carbocycles. The van der Waals surface area contributed by atoms with Crippen molar-refractivity contribution in [2.24, 2.45) is 0 Å². The lowest BCUT2D eigenvalue weighted by Gasteiger charge is -2.27. The fourth-order valence-corrected chi connectivity index (χ4v) is 2.25. The molecule has 0 bridgehead atoms. The van der Waals surface area contributed by atoms with Crippen molar-refractivity contribution in [3.8, 4) is 0 Å². The van der Waals surface area contributed by atoms with Gasteiger partial charge in [-0.15, -0.1) is 0 Å². The monoisotopic (exact) mass is 729 g/mol. The van der Waals surface area contributed by atoms with Gasteiger partial charge in [-0.05, 0) is 48.5 Å². The van der Waals surface area contributed by atoms with Crippen LogP contribution in [0.15, 0.2) is 12.3 Å². The van der Waals surface area contributed by atoms with Crippen LogP contribution >= 0.6 is 0 Å². The van der Waals surface area contributed by atoms with Gasteiger partial charge in [0, 0.05) is 124 Å². The third-order valence-electron chi connectivity index (χ3n) is 5.28. The van der Waals surface area contributed by atoms with Gasteiger partial charge in [0.2, 0.25) is 0 Å². The number of rotatable bonds is 22. The van der Waals surface area contributed by atoms with E-state index in [4.69, 9.17) is 56.8 Å². The Bertz CT molecular complexity index is 544. The van der Waals surface area contributed by atoms with Crippen molar-refractivity contribution >= 4 is 0 Å². The molecular weight excluding hydrogens is 652 g/mol. The summed E-state index contributed by atoms with van der Waals surface area (Å²) >= 11 is 0. The van der Waals surface area contributed by atoms with Crippen molar-refractivity contribution in [2.75, 3.05) is 111 Å². The zero-order chi connectivity index (χ0) is 39.8. The van der Waals surface area contributed by atoms with Crippen LogP contribution in [0, 0.1) is 0 Å². The number of ether oxygens (including phenoxy) is 16. The van der Waals surface area contributed by atoms with Gasteiger partial charge in [0.1, 0.15) is 0 Å². The zero-order valence-corrected chi connectivity index (χ0v) is 34.6. The van der Waals surface area contributed by atoms with Gasteiger partial charge >= 0.3 is 0 Å². The van der Waals surface area contributed by atoms with Crippen molar-refractivity contribution in [2.45, 2.75) is 100 Å². The molecule has 0 aromatic heterocycles. The quantitative estimate of drug-likeness (QED) is 0.0987. The molecule has 0 atom stereocenters. The predicted molar refractivity (Wildman–Crippen MR) is 187 cm³/mol. The molecule has 0 saturated heterocycles. The first-order valence-electron chi connectivity index (χ1n) is 15.9. The standard InChI is InChI=1S/C8H18O3.C7H16O3.2C5H12O3.C4H10O3.C4H8O/c1-5-9-8(4,10-6-2)11-7-3;1-4-8-7(9-5-2)10-6-3;2*1-5(6-2,7-3)8-4;1-5-4(6-2)7-3;1-4(2)5-3/h5-7H2,1-4H3;7H,4-6H2,1-3H3;2*1-4H3;4H,1-3H3;1H2,2-3H3. The van der Waals surface area contributed by atoms with E-state index in [1.807, 2.05) is 41.5 Å². The Morgan fingerprint density at radius 3 is 0.735 bits per heavy atom. The fourth-order valence-electron chi connectivity index (χ4n) is 2.25. The molecule has 0 aliphatic carbocycles. The Kier molecular flexibility index (Phi) is 52.8. The summed E-state index contributed by atoms with van der Waals surface area (Å²) in [6.45, 7) is 24.5. The van der Waals surface area contributed by atoms with E-state index in [2.05, 4.69) is 25.5 Å². The number of hydrogen-bond acceptors (Lipinski definition) is 16. The van der Waals surface area contributed by atoms with Crippen LogP contribution in [0.2, 0.25) is 0 Å². The van der Waals surface area contributed by atoms with Crippen molar-refractivity contribution in [3.05, 3.63) is 12.3 Å². The van der Waals surface area contributed by atoms with E-state index in [1.54, 1.807) is 34.8 Å². The van der Waals surface area contributed by atoms with Crippen molar-refractivity contribution in [3.63, 3.8) is 0 Å². The van der Waals surface area contributed by atoms with Crippen LogP contribution in [-0.4, -0.2) is 142 Å². The lowest BCUT2D eigenvalue weighted by molar-refractivity contribution is -0.365. The van der Waals surface area contributed by atoms with Crippen LogP contribution in [0.25, 0.3) is 0 Å². The smallest absolute Gasteiger partial charge is 0.279 e. The Morgan fingerprint density at radius 2 is 0.653 bits per heavy atom. The molecule has 0 N–H and O–H groups in total. The van der Waals surface area contributed by atoms with Gasteiger partial charge in [0.15, 0.2) is 0 Å². The zero-order valence-electron chi connectivity index (χ0n) is 34.6. The van der Waals surface area contributed by atoms with Crippen LogP contribution in [0.1, 0.15) is 69.2 Å². The molecule has 0 amide bonds. The summed E-state index contributed by atoms with van der Waals surface area (Å²) < 4.78 is 78.2.